The Kier molecular flexibility index (Phi) is 4.36. The van der Waals surface area contributed by atoms with Crippen LogP contribution in [0.5, 0.6) is 0 Å². The van der Waals surface area contributed by atoms with Gasteiger partial charge < -0.3 is 20.1 Å². The molecule has 0 spiro atoms. The van der Waals surface area contributed by atoms with Gasteiger partial charge in [0.05, 0.1) is 19.3 Å². The molecule has 19 heavy (non-hydrogen) atoms. The van der Waals surface area contributed by atoms with E-state index in [0.29, 0.717) is 25.6 Å². The summed E-state index contributed by atoms with van der Waals surface area (Å²) in [6.07, 6.45) is 3.16. The van der Waals surface area contributed by atoms with Crippen LogP contribution in [0.3, 0.4) is 0 Å². The van der Waals surface area contributed by atoms with Crippen LogP contribution in [0.1, 0.15) is 40.0 Å². The standard InChI is InChI=1S/C14H26N2O3/c1-14(2,3)19-13(17)16-7-8-18-12(9-16)10-5-4-6-11(10)15/h10-12H,4-9,15H2,1-3H3. The minimum absolute atomic E-state index is 0.0683. The van der Waals surface area contributed by atoms with Gasteiger partial charge in [-0.1, -0.05) is 6.42 Å². The minimum atomic E-state index is -0.450. The van der Waals surface area contributed by atoms with Crippen molar-refractivity contribution in [2.75, 3.05) is 19.7 Å². The van der Waals surface area contributed by atoms with E-state index in [1.807, 2.05) is 20.8 Å². The Labute approximate surface area is 115 Å². The maximum absolute atomic E-state index is 12.1. The zero-order valence-corrected chi connectivity index (χ0v) is 12.2. The molecule has 0 aromatic heterocycles. The summed E-state index contributed by atoms with van der Waals surface area (Å²) < 4.78 is 11.2. The van der Waals surface area contributed by atoms with Gasteiger partial charge in [-0.05, 0) is 33.6 Å². The van der Waals surface area contributed by atoms with Crippen molar-refractivity contribution in [1.82, 2.24) is 4.90 Å². The van der Waals surface area contributed by atoms with Crippen LogP contribution >= 0.6 is 0 Å². The molecule has 5 nitrogen and oxygen atoms in total. The number of nitrogens with zero attached hydrogens (tertiary/aromatic N) is 1. The molecule has 2 N–H and O–H groups in total. The summed E-state index contributed by atoms with van der Waals surface area (Å²) in [6, 6.07) is 0.212. The first kappa shape index (κ1) is 14.6. The van der Waals surface area contributed by atoms with E-state index >= 15 is 0 Å². The van der Waals surface area contributed by atoms with E-state index in [4.69, 9.17) is 15.2 Å². The minimum Gasteiger partial charge on any atom is -0.444 e. The lowest BCUT2D eigenvalue weighted by molar-refractivity contribution is -0.0647. The van der Waals surface area contributed by atoms with Crippen LogP contribution in [-0.2, 0) is 9.47 Å². The zero-order chi connectivity index (χ0) is 14.0. The number of ether oxygens (including phenoxy) is 2. The van der Waals surface area contributed by atoms with Gasteiger partial charge in [0.15, 0.2) is 0 Å². The van der Waals surface area contributed by atoms with Gasteiger partial charge in [-0.15, -0.1) is 0 Å². The maximum Gasteiger partial charge on any atom is 0.410 e. The summed E-state index contributed by atoms with van der Waals surface area (Å²) in [5.74, 6) is 0.380. The van der Waals surface area contributed by atoms with E-state index in [1.165, 1.54) is 0 Å². The van der Waals surface area contributed by atoms with Crippen LogP contribution in [0.15, 0.2) is 0 Å². The second kappa shape index (κ2) is 5.67. The number of amides is 1. The first-order chi connectivity index (χ1) is 8.87. The summed E-state index contributed by atoms with van der Waals surface area (Å²) in [5.41, 5.74) is 5.67. The molecule has 1 saturated heterocycles. The largest absolute Gasteiger partial charge is 0.444 e. The maximum atomic E-state index is 12.1. The van der Waals surface area contributed by atoms with E-state index in [-0.39, 0.29) is 18.2 Å². The molecule has 0 bridgehead atoms. The van der Waals surface area contributed by atoms with Crippen molar-refractivity contribution < 1.29 is 14.3 Å². The van der Waals surface area contributed by atoms with Gasteiger partial charge in [0.1, 0.15) is 5.60 Å². The molecule has 2 rings (SSSR count). The van der Waals surface area contributed by atoms with Gasteiger partial charge in [-0.2, -0.15) is 0 Å². The van der Waals surface area contributed by atoms with Crippen molar-refractivity contribution in [3.05, 3.63) is 0 Å². The Balaban J connectivity index is 1.91. The molecular formula is C14H26N2O3. The molecule has 0 aromatic carbocycles. The number of carbonyl (C=O) groups is 1. The van der Waals surface area contributed by atoms with E-state index in [9.17, 15) is 4.79 Å². The van der Waals surface area contributed by atoms with Gasteiger partial charge >= 0.3 is 6.09 Å². The summed E-state index contributed by atoms with van der Waals surface area (Å²) >= 11 is 0. The molecule has 1 heterocycles. The molecule has 1 aliphatic heterocycles. The number of hydrogen-bond donors (Lipinski definition) is 1. The Morgan fingerprint density at radius 2 is 2.11 bits per heavy atom. The highest BCUT2D eigenvalue weighted by atomic mass is 16.6. The van der Waals surface area contributed by atoms with Gasteiger partial charge in [0.25, 0.3) is 0 Å². The highest BCUT2D eigenvalue weighted by Crippen LogP contribution is 2.30. The smallest absolute Gasteiger partial charge is 0.410 e. The Morgan fingerprint density at radius 3 is 2.68 bits per heavy atom. The fraction of sp³-hybridized carbons (Fsp3) is 0.929. The van der Waals surface area contributed by atoms with E-state index < -0.39 is 5.60 Å². The first-order valence-corrected chi connectivity index (χ1v) is 7.22. The normalized spacial score (nSPS) is 32.4. The van der Waals surface area contributed by atoms with E-state index in [0.717, 1.165) is 19.3 Å². The first-order valence-electron chi connectivity index (χ1n) is 7.22. The topological polar surface area (TPSA) is 64.8 Å². The highest BCUT2D eigenvalue weighted by molar-refractivity contribution is 5.68. The molecule has 0 aromatic rings. The average Bonchev–Trinajstić information content (AvgIpc) is 2.73. The van der Waals surface area contributed by atoms with Gasteiger partial charge in [-0.25, -0.2) is 4.79 Å². The Hall–Kier alpha value is -0.810. The second-order valence-electron chi connectivity index (χ2n) is 6.59. The van der Waals surface area contributed by atoms with Crippen LogP contribution in [0.25, 0.3) is 0 Å². The predicted octanol–water partition coefficient (Wildman–Crippen LogP) is 1.75. The monoisotopic (exact) mass is 270 g/mol. The lowest BCUT2D eigenvalue weighted by Crippen LogP contribution is -2.51. The van der Waals surface area contributed by atoms with Crippen LogP contribution in [0.4, 0.5) is 4.79 Å². The highest BCUT2D eigenvalue weighted by Gasteiger charge is 2.37. The molecule has 1 amide bonds. The molecule has 2 aliphatic rings. The third-order valence-electron chi connectivity index (χ3n) is 3.85. The fourth-order valence-electron chi connectivity index (χ4n) is 2.91. The van der Waals surface area contributed by atoms with Crippen LogP contribution < -0.4 is 5.73 Å². The van der Waals surface area contributed by atoms with Crippen molar-refractivity contribution >= 4 is 6.09 Å². The number of carbonyl (C=O) groups excluding carboxylic acids is 1. The fourth-order valence-corrected chi connectivity index (χ4v) is 2.91. The molecular weight excluding hydrogens is 244 g/mol. The SMILES string of the molecule is CC(C)(C)OC(=O)N1CCOC(C2CCCC2N)C1. The van der Waals surface area contributed by atoms with Crippen molar-refractivity contribution in [3.8, 4) is 0 Å². The van der Waals surface area contributed by atoms with E-state index in [1.54, 1.807) is 4.90 Å². The molecule has 1 aliphatic carbocycles. The van der Waals surface area contributed by atoms with Crippen molar-refractivity contribution in [1.29, 1.82) is 0 Å². The van der Waals surface area contributed by atoms with Gasteiger partial charge in [-0.3, -0.25) is 0 Å². The zero-order valence-electron chi connectivity index (χ0n) is 12.2. The molecule has 3 atom stereocenters. The second-order valence-corrected chi connectivity index (χ2v) is 6.59. The Morgan fingerprint density at radius 1 is 1.37 bits per heavy atom. The molecule has 0 radical (unpaired) electrons. The molecule has 2 fully saturated rings. The Bertz CT molecular complexity index is 327. The third kappa shape index (κ3) is 3.83. The van der Waals surface area contributed by atoms with Crippen LogP contribution in [0, 0.1) is 5.92 Å². The molecule has 110 valence electrons. The third-order valence-corrected chi connectivity index (χ3v) is 3.85. The van der Waals surface area contributed by atoms with Gasteiger partial charge in [0.2, 0.25) is 0 Å². The summed E-state index contributed by atoms with van der Waals surface area (Å²) in [4.78, 5) is 13.8. The van der Waals surface area contributed by atoms with Crippen LogP contribution in [0.2, 0.25) is 0 Å². The number of rotatable bonds is 1. The lowest BCUT2D eigenvalue weighted by Gasteiger charge is -2.37. The summed E-state index contributed by atoms with van der Waals surface area (Å²) in [7, 11) is 0. The number of hydrogen-bond acceptors (Lipinski definition) is 4. The number of morpholine rings is 1. The van der Waals surface area contributed by atoms with Crippen molar-refractivity contribution in [2.45, 2.75) is 57.8 Å². The quantitative estimate of drug-likeness (QED) is 0.788. The lowest BCUT2D eigenvalue weighted by atomic mass is 9.96. The van der Waals surface area contributed by atoms with Crippen LogP contribution in [-0.4, -0.2) is 48.4 Å². The summed E-state index contributed by atoms with van der Waals surface area (Å²) in [5, 5.41) is 0. The number of nitrogens with two attached hydrogens (primary N) is 1. The van der Waals surface area contributed by atoms with Crippen molar-refractivity contribution in [2.24, 2.45) is 11.7 Å². The molecule has 5 heteroatoms. The van der Waals surface area contributed by atoms with Crippen molar-refractivity contribution in [3.63, 3.8) is 0 Å². The molecule has 3 unspecified atom stereocenters. The van der Waals surface area contributed by atoms with E-state index in [2.05, 4.69) is 0 Å². The average molecular weight is 270 g/mol. The predicted molar refractivity (Wildman–Crippen MR) is 72.9 cm³/mol. The molecule has 1 saturated carbocycles. The summed E-state index contributed by atoms with van der Waals surface area (Å²) in [6.45, 7) is 7.44. The van der Waals surface area contributed by atoms with Gasteiger partial charge in [0, 0.05) is 18.5 Å².